The van der Waals surface area contributed by atoms with E-state index < -0.39 is 0 Å². The molecule has 0 saturated heterocycles. The molecule has 0 amide bonds. The number of nitrogens with two attached hydrogens (primary N) is 1. The van der Waals surface area contributed by atoms with Crippen LogP contribution < -0.4 is 10.5 Å². The molecule has 0 saturated carbocycles. The molecular weight excluding hydrogens is 252 g/mol. The van der Waals surface area contributed by atoms with Gasteiger partial charge in [-0.25, -0.2) is 4.98 Å². The van der Waals surface area contributed by atoms with Crippen molar-refractivity contribution in [3.8, 4) is 17.1 Å². The summed E-state index contributed by atoms with van der Waals surface area (Å²) in [4.78, 5) is 10.4. The van der Waals surface area contributed by atoms with Crippen LogP contribution in [0.3, 0.4) is 0 Å². The molecular formula is C15H20N4O. The van der Waals surface area contributed by atoms with Crippen molar-refractivity contribution in [2.75, 3.05) is 26.9 Å². The Morgan fingerprint density at radius 1 is 1.15 bits per heavy atom. The van der Waals surface area contributed by atoms with Crippen LogP contribution in [0.25, 0.3) is 11.3 Å². The van der Waals surface area contributed by atoms with Crippen molar-refractivity contribution in [2.24, 2.45) is 0 Å². The summed E-state index contributed by atoms with van der Waals surface area (Å²) in [6.07, 6.45) is 0. The molecule has 5 nitrogen and oxygen atoms in total. The Balaban J connectivity index is 2.32. The lowest BCUT2D eigenvalue weighted by Crippen LogP contribution is -2.16. The zero-order valence-corrected chi connectivity index (χ0v) is 12.3. The third-order valence-electron chi connectivity index (χ3n) is 3.39. The topological polar surface area (TPSA) is 64.3 Å². The van der Waals surface area contributed by atoms with Crippen LogP contribution in [0, 0.1) is 0 Å². The number of nitrogen functional groups attached to an aromatic ring is 1. The quantitative estimate of drug-likeness (QED) is 0.925. The first-order chi connectivity index (χ1) is 9.51. The predicted molar refractivity (Wildman–Crippen MR) is 80.5 cm³/mol. The molecule has 2 rings (SSSR count). The Morgan fingerprint density at radius 3 is 2.35 bits per heavy atom. The second-order valence-corrected chi connectivity index (χ2v) is 4.92. The van der Waals surface area contributed by atoms with Crippen molar-refractivity contribution in [1.29, 1.82) is 0 Å². The molecule has 0 aliphatic rings. The van der Waals surface area contributed by atoms with Gasteiger partial charge in [-0.05, 0) is 26.6 Å². The molecule has 1 heterocycles. The van der Waals surface area contributed by atoms with Crippen LogP contribution in [-0.4, -0.2) is 36.1 Å². The highest BCUT2D eigenvalue weighted by Crippen LogP contribution is 2.24. The first-order valence-electron chi connectivity index (χ1n) is 6.46. The van der Waals surface area contributed by atoms with Crippen molar-refractivity contribution < 1.29 is 4.74 Å². The fourth-order valence-electron chi connectivity index (χ4n) is 1.93. The zero-order valence-electron chi connectivity index (χ0n) is 12.3. The molecule has 0 unspecified atom stereocenters. The van der Waals surface area contributed by atoms with Crippen molar-refractivity contribution in [1.82, 2.24) is 14.9 Å². The van der Waals surface area contributed by atoms with E-state index in [0.717, 1.165) is 11.3 Å². The monoisotopic (exact) mass is 272 g/mol. The van der Waals surface area contributed by atoms with Gasteiger partial charge in [0.2, 0.25) is 11.8 Å². The van der Waals surface area contributed by atoms with E-state index in [1.165, 1.54) is 5.56 Å². The second kappa shape index (κ2) is 5.88. The fraction of sp³-hybridized carbons (Fsp3) is 0.333. The lowest BCUT2D eigenvalue weighted by atomic mass is 10.0. The normalized spacial score (nSPS) is 12.4. The summed E-state index contributed by atoms with van der Waals surface area (Å²) in [7, 11) is 5.69. The van der Waals surface area contributed by atoms with Crippen LogP contribution in [0.5, 0.6) is 5.88 Å². The Hall–Kier alpha value is -2.14. The van der Waals surface area contributed by atoms with Gasteiger partial charge in [-0.15, -0.1) is 0 Å². The third-order valence-corrected chi connectivity index (χ3v) is 3.39. The first kappa shape index (κ1) is 14.3. The van der Waals surface area contributed by atoms with Gasteiger partial charge in [-0.2, -0.15) is 4.98 Å². The van der Waals surface area contributed by atoms with Crippen LogP contribution in [0.2, 0.25) is 0 Å². The van der Waals surface area contributed by atoms with Crippen molar-refractivity contribution in [3.63, 3.8) is 0 Å². The summed E-state index contributed by atoms with van der Waals surface area (Å²) >= 11 is 0. The van der Waals surface area contributed by atoms with Crippen LogP contribution in [0.4, 0.5) is 5.95 Å². The van der Waals surface area contributed by atoms with E-state index >= 15 is 0 Å². The maximum atomic E-state index is 5.68. The number of rotatable bonds is 4. The van der Waals surface area contributed by atoms with Crippen LogP contribution in [0.15, 0.2) is 30.3 Å². The SMILES string of the molecule is COc1cc(-c2ccc([C@H](C)N(C)C)cc2)nc(N)n1. The van der Waals surface area contributed by atoms with E-state index in [4.69, 9.17) is 10.5 Å². The molecule has 5 heteroatoms. The number of benzene rings is 1. The van der Waals surface area contributed by atoms with Gasteiger partial charge in [0.25, 0.3) is 0 Å². The molecule has 1 aromatic heterocycles. The number of hydrogen-bond donors (Lipinski definition) is 1. The summed E-state index contributed by atoms with van der Waals surface area (Å²) in [6, 6.07) is 10.4. The van der Waals surface area contributed by atoms with E-state index in [9.17, 15) is 0 Å². The smallest absolute Gasteiger partial charge is 0.223 e. The highest BCUT2D eigenvalue weighted by atomic mass is 16.5. The Morgan fingerprint density at radius 2 is 1.80 bits per heavy atom. The number of anilines is 1. The van der Waals surface area contributed by atoms with Gasteiger partial charge in [-0.1, -0.05) is 24.3 Å². The van der Waals surface area contributed by atoms with Gasteiger partial charge in [0.15, 0.2) is 0 Å². The molecule has 1 aromatic carbocycles. The summed E-state index contributed by atoms with van der Waals surface area (Å²) in [5.74, 6) is 0.684. The van der Waals surface area contributed by atoms with E-state index in [0.29, 0.717) is 11.9 Å². The maximum Gasteiger partial charge on any atom is 0.223 e. The van der Waals surface area contributed by atoms with Crippen molar-refractivity contribution >= 4 is 5.95 Å². The average molecular weight is 272 g/mol. The summed E-state index contributed by atoms with van der Waals surface area (Å²) in [5.41, 5.74) is 8.69. The largest absolute Gasteiger partial charge is 0.481 e. The highest BCUT2D eigenvalue weighted by Gasteiger charge is 2.09. The summed E-state index contributed by atoms with van der Waals surface area (Å²) < 4.78 is 5.11. The highest BCUT2D eigenvalue weighted by molar-refractivity contribution is 5.61. The van der Waals surface area contributed by atoms with Gasteiger partial charge < -0.3 is 15.4 Å². The molecule has 2 N–H and O–H groups in total. The molecule has 20 heavy (non-hydrogen) atoms. The molecule has 1 atom stereocenters. The molecule has 0 aliphatic carbocycles. The van der Waals surface area contributed by atoms with Crippen molar-refractivity contribution in [3.05, 3.63) is 35.9 Å². The number of nitrogens with zero attached hydrogens (tertiary/aromatic N) is 3. The van der Waals surface area contributed by atoms with Gasteiger partial charge >= 0.3 is 0 Å². The van der Waals surface area contributed by atoms with Crippen molar-refractivity contribution in [2.45, 2.75) is 13.0 Å². The van der Waals surface area contributed by atoms with E-state index in [-0.39, 0.29) is 5.95 Å². The number of ether oxygens (including phenoxy) is 1. The zero-order chi connectivity index (χ0) is 14.7. The predicted octanol–water partition coefficient (Wildman–Crippen LogP) is 2.36. The second-order valence-electron chi connectivity index (χ2n) is 4.92. The molecule has 0 spiro atoms. The minimum absolute atomic E-state index is 0.213. The molecule has 0 aliphatic heterocycles. The van der Waals surface area contributed by atoms with Gasteiger partial charge in [0, 0.05) is 17.7 Å². The summed E-state index contributed by atoms with van der Waals surface area (Å²) in [6.45, 7) is 2.17. The third kappa shape index (κ3) is 3.05. The minimum Gasteiger partial charge on any atom is -0.481 e. The van der Waals surface area contributed by atoms with Gasteiger partial charge in [0.1, 0.15) is 0 Å². The van der Waals surface area contributed by atoms with E-state index in [1.54, 1.807) is 13.2 Å². The summed E-state index contributed by atoms with van der Waals surface area (Å²) in [5, 5.41) is 0. The molecule has 0 radical (unpaired) electrons. The van der Waals surface area contributed by atoms with E-state index in [1.807, 2.05) is 12.1 Å². The van der Waals surface area contributed by atoms with Gasteiger partial charge in [0.05, 0.1) is 12.8 Å². The Bertz CT molecular complexity index is 581. The lowest BCUT2D eigenvalue weighted by Gasteiger charge is -2.20. The minimum atomic E-state index is 0.213. The molecule has 0 fully saturated rings. The number of hydrogen-bond acceptors (Lipinski definition) is 5. The molecule has 0 bridgehead atoms. The van der Waals surface area contributed by atoms with Crippen LogP contribution >= 0.6 is 0 Å². The first-order valence-corrected chi connectivity index (χ1v) is 6.46. The standard InChI is InChI=1S/C15H20N4O/c1-10(19(2)3)11-5-7-12(8-6-11)13-9-14(20-4)18-15(16)17-13/h5-10H,1-4H3,(H2,16,17,18)/t10-/m0/s1. The molecule has 2 aromatic rings. The lowest BCUT2D eigenvalue weighted by molar-refractivity contribution is 0.321. The van der Waals surface area contributed by atoms with E-state index in [2.05, 4.69) is 48.0 Å². The Kier molecular flexibility index (Phi) is 4.20. The fourth-order valence-corrected chi connectivity index (χ4v) is 1.93. The van der Waals surface area contributed by atoms with Crippen LogP contribution in [-0.2, 0) is 0 Å². The Labute approximate surface area is 119 Å². The van der Waals surface area contributed by atoms with Gasteiger partial charge in [-0.3, -0.25) is 0 Å². The maximum absolute atomic E-state index is 5.68. The number of methoxy groups -OCH3 is 1. The molecule has 106 valence electrons. The number of aromatic nitrogens is 2. The average Bonchev–Trinajstić information content (AvgIpc) is 2.45. The van der Waals surface area contributed by atoms with Crippen LogP contribution in [0.1, 0.15) is 18.5 Å².